The van der Waals surface area contributed by atoms with E-state index in [1.54, 1.807) is 6.07 Å². The van der Waals surface area contributed by atoms with Gasteiger partial charge in [-0.1, -0.05) is 0 Å². The quantitative estimate of drug-likeness (QED) is 0.513. The van der Waals surface area contributed by atoms with Crippen molar-refractivity contribution in [1.29, 1.82) is 0 Å². The lowest BCUT2D eigenvalue weighted by molar-refractivity contribution is -0.394. The van der Waals surface area contributed by atoms with Crippen LogP contribution in [0.2, 0.25) is 0 Å². The highest BCUT2D eigenvalue weighted by atomic mass is 16.6. The van der Waals surface area contributed by atoms with Crippen LogP contribution in [-0.4, -0.2) is 28.3 Å². The van der Waals surface area contributed by atoms with E-state index in [0.717, 1.165) is 18.2 Å². The van der Waals surface area contributed by atoms with Crippen LogP contribution in [0.1, 0.15) is 5.56 Å². The number of nitrogens with zero attached hydrogens (tertiary/aromatic N) is 3. The molecule has 0 saturated carbocycles. The number of nitro benzene ring substituents is 2. The summed E-state index contributed by atoms with van der Waals surface area (Å²) in [5, 5.41) is 31.4. The molecule has 0 aliphatic heterocycles. The maximum absolute atomic E-state index is 10.8. The van der Waals surface area contributed by atoms with Gasteiger partial charge in [-0.15, -0.1) is 0 Å². The molecule has 23 heavy (non-hydrogen) atoms. The molecule has 118 valence electrons. The molecule has 2 rings (SSSR count). The molecule has 2 aromatic rings. The molecule has 0 aliphatic rings. The molecule has 0 spiro atoms. The lowest BCUT2D eigenvalue weighted by Crippen LogP contribution is -1.92. The molecule has 0 atom stereocenters. The number of aliphatic imine (C=N–C) groups is 1. The van der Waals surface area contributed by atoms with Crippen molar-refractivity contribution in [3.05, 3.63) is 62.2 Å². The molecule has 0 radical (unpaired) electrons. The van der Waals surface area contributed by atoms with Gasteiger partial charge in [0.15, 0.2) is 0 Å². The molecule has 0 saturated heterocycles. The molecule has 0 aliphatic carbocycles. The lowest BCUT2D eigenvalue weighted by atomic mass is 10.2. The number of phenols is 1. The van der Waals surface area contributed by atoms with Gasteiger partial charge in [-0.25, -0.2) is 0 Å². The third-order valence-corrected chi connectivity index (χ3v) is 2.90. The summed E-state index contributed by atoms with van der Waals surface area (Å²) in [4.78, 5) is 24.1. The van der Waals surface area contributed by atoms with Crippen LogP contribution in [0.5, 0.6) is 11.5 Å². The first kappa shape index (κ1) is 15.9. The molecule has 0 heterocycles. The summed E-state index contributed by atoms with van der Waals surface area (Å²) < 4.78 is 4.94. The predicted octanol–water partition coefficient (Wildman–Crippen LogP) is 2.97. The van der Waals surface area contributed by atoms with Crippen molar-refractivity contribution in [3.63, 3.8) is 0 Å². The molecule has 0 fully saturated rings. The van der Waals surface area contributed by atoms with E-state index in [1.165, 1.54) is 25.5 Å². The smallest absolute Gasteiger partial charge is 0.278 e. The summed E-state index contributed by atoms with van der Waals surface area (Å²) in [5.74, 6) is 0.346. The van der Waals surface area contributed by atoms with Gasteiger partial charge in [0.25, 0.3) is 11.4 Å². The van der Waals surface area contributed by atoms with Gasteiger partial charge in [-0.3, -0.25) is 25.2 Å². The van der Waals surface area contributed by atoms with Crippen LogP contribution in [-0.2, 0) is 0 Å². The van der Waals surface area contributed by atoms with Crippen molar-refractivity contribution in [2.45, 2.75) is 0 Å². The van der Waals surface area contributed by atoms with Crippen LogP contribution in [0.25, 0.3) is 0 Å². The third kappa shape index (κ3) is 3.79. The minimum Gasteiger partial charge on any atom is -0.507 e. The van der Waals surface area contributed by atoms with Gasteiger partial charge in [0.1, 0.15) is 11.5 Å². The topological polar surface area (TPSA) is 128 Å². The normalized spacial score (nSPS) is 10.7. The van der Waals surface area contributed by atoms with Gasteiger partial charge < -0.3 is 9.84 Å². The highest BCUT2D eigenvalue weighted by Crippen LogP contribution is 2.28. The van der Waals surface area contributed by atoms with Crippen LogP contribution in [0.4, 0.5) is 17.1 Å². The summed E-state index contributed by atoms with van der Waals surface area (Å²) in [6, 6.07) is 7.55. The maximum Gasteiger partial charge on any atom is 0.278 e. The molecule has 0 amide bonds. The Morgan fingerprint density at radius 2 is 1.70 bits per heavy atom. The molecule has 1 N–H and O–H groups in total. The SMILES string of the molecule is COc1ccc(C=Nc2cc([N+](=O)[O-])cc([N+](=O)[O-])c2)c(O)c1. The molecule has 0 unspecified atom stereocenters. The molecular formula is C14H11N3O6. The fourth-order valence-corrected chi connectivity index (χ4v) is 1.77. The fourth-order valence-electron chi connectivity index (χ4n) is 1.77. The average Bonchev–Trinajstić information content (AvgIpc) is 2.53. The number of aromatic hydroxyl groups is 1. The van der Waals surface area contributed by atoms with Crippen LogP contribution in [0.15, 0.2) is 41.4 Å². The number of hydrogen-bond donors (Lipinski definition) is 1. The van der Waals surface area contributed by atoms with Gasteiger partial charge in [0.2, 0.25) is 0 Å². The number of hydrogen-bond acceptors (Lipinski definition) is 7. The molecule has 0 aromatic heterocycles. The number of phenolic OH excluding ortho intramolecular Hbond substituents is 1. The van der Waals surface area contributed by atoms with Gasteiger partial charge in [-0.2, -0.15) is 0 Å². The van der Waals surface area contributed by atoms with E-state index >= 15 is 0 Å². The second-order valence-corrected chi connectivity index (χ2v) is 4.40. The van der Waals surface area contributed by atoms with E-state index < -0.39 is 21.2 Å². The van der Waals surface area contributed by atoms with Crippen LogP contribution >= 0.6 is 0 Å². The first-order chi connectivity index (χ1) is 10.9. The van der Waals surface area contributed by atoms with Crippen molar-refractivity contribution < 1.29 is 19.7 Å². The van der Waals surface area contributed by atoms with Gasteiger partial charge >= 0.3 is 0 Å². The van der Waals surface area contributed by atoms with E-state index in [0.29, 0.717) is 11.3 Å². The molecule has 9 nitrogen and oxygen atoms in total. The Morgan fingerprint density at radius 3 is 2.17 bits per heavy atom. The van der Waals surface area contributed by atoms with Gasteiger partial charge in [-0.05, 0) is 12.1 Å². The molecule has 9 heteroatoms. The second-order valence-electron chi connectivity index (χ2n) is 4.40. The summed E-state index contributed by atoms with van der Waals surface area (Å²) in [6.45, 7) is 0. The van der Waals surface area contributed by atoms with Crippen molar-refractivity contribution in [1.82, 2.24) is 0 Å². The van der Waals surface area contributed by atoms with Crippen molar-refractivity contribution in [2.75, 3.05) is 7.11 Å². The van der Waals surface area contributed by atoms with Crippen LogP contribution in [0.3, 0.4) is 0 Å². The van der Waals surface area contributed by atoms with E-state index in [-0.39, 0.29) is 11.4 Å². The van der Waals surface area contributed by atoms with E-state index in [9.17, 15) is 25.3 Å². The molecular weight excluding hydrogens is 306 g/mol. The summed E-state index contributed by atoms with van der Waals surface area (Å²) in [6.07, 6.45) is 1.25. The van der Waals surface area contributed by atoms with Gasteiger partial charge in [0, 0.05) is 30.0 Å². The number of ether oxygens (including phenoxy) is 1. The second kappa shape index (κ2) is 6.52. The number of non-ortho nitro benzene ring substituents is 2. The Labute approximate surface area is 129 Å². The monoisotopic (exact) mass is 317 g/mol. The maximum atomic E-state index is 10.8. The molecule has 2 aromatic carbocycles. The van der Waals surface area contributed by atoms with E-state index in [2.05, 4.69) is 4.99 Å². The zero-order valence-electron chi connectivity index (χ0n) is 11.9. The minimum atomic E-state index is -0.739. The number of nitro groups is 2. The largest absolute Gasteiger partial charge is 0.507 e. The lowest BCUT2D eigenvalue weighted by Gasteiger charge is -2.02. The summed E-state index contributed by atoms with van der Waals surface area (Å²) in [5.41, 5.74) is -0.517. The Bertz CT molecular complexity index is 771. The Kier molecular flexibility index (Phi) is 4.50. The van der Waals surface area contributed by atoms with Crippen molar-refractivity contribution >= 4 is 23.3 Å². The first-order valence-electron chi connectivity index (χ1n) is 6.25. The van der Waals surface area contributed by atoms with Crippen LogP contribution < -0.4 is 4.74 Å². The first-order valence-corrected chi connectivity index (χ1v) is 6.25. The van der Waals surface area contributed by atoms with Gasteiger partial charge in [0.05, 0.1) is 28.7 Å². The third-order valence-electron chi connectivity index (χ3n) is 2.90. The summed E-state index contributed by atoms with van der Waals surface area (Å²) >= 11 is 0. The Balaban J connectivity index is 2.39. The zero-order chi connectivity index (χ0) is 17.0. The Morgan fingerprint density at radius 1 is 1.09 bits per heavy atom. The van der Waals surface area contributed by atoms with Crippen molar-refractivity contribution in [3.8, 4) is 11.5 Å². The fraction of sp³-hybridized carbons (Fsp3) is 0.0714. The number of rotatable bonds is 5. The Hall–Kier alpha value is -3.49. The zero-order valence-corrected chi connectivity index (χ0v) is 11.9. The summed E-state index contributed by atoms with van der Waals surface area (Å²) in [7, 11) is 1.45. The van der Waals surface area contributed by atoms with E-state index in [4.69, 9.17) is 4.74 Å². The number of benzene rings is 2. The highest BCUT2D eigenvalue weighted by Gasteiger charge is 2.16. The standard InChI is InChI=1S/C14H11N3O6/c1-23-13-3-2-9(14(18)7-13)8-15-10-4-11(16(19)20)6-12(5-10)17(21)22/h2-8,18H,1H3. The molecule has 0 bridgehead atoms. The predicted molar refractivity (Wildman–Crippen MR) is 81.7 cm³/mol. The van der Waals surface area contributed by atoms with Crippen molar-refractivity contribution in [2.24, 2.45) is 4.99 Å². The minimum absolute atomic E-state index is 0.0288. The number of methoxy groups -OCH3 is 1. The highest BCUT2D eigenvalue weighted by molar-refractivity contribution is 5.86. The van der Waals surface area contributed by atoms with E-state index in [1.807, 2.05) is 0 Å². The average molecular weight is 317 g/mol. The van der Waals surface area contributed by atoms with Crippen LogP contribution in [0, 0.1) is 20.2 Å².